The number of aryl methyl sites for hydroxylation is 1. The van der Waals surface area contributed by atoms with E-state index in [1.165, 1.54) is 5.56 Å². The highest BCUT2D eigenvalue weighted by Gasteiger charge is 2.21. The summed E-state index contributed by atoms with van der Waals surface area (Å²) in [6.07, 6.45) is 1.74. The molecule has 0 atom stereocenters. The molecule has 2 rings (SSSR count). The van der Waals surface area contributed by atoms with E-state index in [0.29, 0.717) is 11.5 Å². The molecule has 0 fully saturated rings. The van der Waals surface area contributed by atoms with Crippen molar-refractivity contribution >= 4 is 0 Å². The monoisotopic (exact) mass is 285 g/mol. The molecule has 0 radical (unpaired) electrons. The maximum absolute atomic E-state index is 12.0. The Morgan fingerprint density at radius 2 is 1.71 bits per heavy atom. The number of nitrogens with zero attached hydrogens (tertiary/aromatic N) is 1. The molecule has 0 aliphatic heterocycles. The van der Waals surface area contributed by atoms with Gasteiger partial charge in [-0.3, -0.25) is 4.79 Å². The van der Waals surface area contributed by atoms with Gasteiger partial charge in [-0.15, -0.1) is 0 Å². The summed E-state index contributed by atoms with van der Waals surface area (Å²) in [4.78, 5) is 12.0. The first-order valence-corrected chi connectivity index (χ1v) is 7.26. The molecule has 0 bridgehead atoms. The summed E-state index contributed by atoms with van der Waals surface area (Å²) in [5.74, 6) is 0.487. The molecule has 112 valence electrons. The second-order valence-corrected chi connectivity index (χ2v) is 6.37. The van der Waals surface area contributed by atoms with Gasteiger partial charge in [0, 0.05) is 29.2 Å². The van der Waals surface area contributed by atoms with Crippen LogP contribution in [0.2, 0.25) is 0 Å². The van der Waals surface area contributed by atoms with E-state index in [1.54, 1.807) is 26.1 Å². The fraction of sp³-hybridized carbons (Fsp3) is 0.389. The third-order valence-corrected chi connectivity index (χ3v) is 3.74. The van der Waals surface area contributed by atoms with Crippen LogP contribution in [0, 0.1) is 6.92 Å². The number of hydrogen-bond acceptors (Lipinski definition) is 2. The Bertz CT molecular complexity index is 689. The second-order valence-electron chi connectivity index (χ2n) is 6.37. The third-order valence-electron chi connectivity index (χ3n) is 3.74. The van der Waals surface area contributed by atoms with Crippen LogP contribution in [0.4, 0.5) is 0 Å². The summed E-state index contributed by atoms with van der Waals surface area (Å²) in [6.45, 7) is 9.47. The van der Waals surface area contributed by atoms with Crippen molar-refractivity contribution < 1.29 is 5.11 Å². The number of benzene rings is 1. The molecular weight excluding hydrogens is 262 g/mol. The largest absolute Gasteiger partial charge is 0.386 e. The summed E-state index contributed by atoms with van der Waals surface area (Å²) in [7, 11) is 0. The molecule has 3 heteroatoms. The van der Waals surface area contributed by atoms with E-state index in [-0.39, 0.29) is 5.43 Å². The second kappa shape index (κ2) is 5.49. The summed E-state index contributed by atoms with van der Waals surface area (Å²) in [5, 5.41) is 10.1. The van der Waals surface area contributed by atoms with Gasteiger partial charge in [-0.1, -0.05) is 26.0 Å². The molecule has 0 amide bonds. The van der Waals surface area contributed by atoms with Gasteiger partial charge in [0.25, 0.3) is 0 Å². The molecule has 1 heterocycles. The van der Waals surface area contributed by atoms with Gasteiger partial charge in [-0.2, -0.15) is 0 Å². The lowest BCUT2D eigenvalue weighted by Crippen LogP contribution is -2.27. The van der Waals surface area contributed by atoms with Crippen molar-refractivity contribution in [1.29, 1.82) is 0 Å². The van der Waals surface area contributed by atoms with Crippen molar-refractivity contribution in [2.45, 2.75) is 46.1 Å². The minimum atomic E-state index is -1.15. The first kappa shape index (κ1) is 15.5. The minimum Gasteiger partial charge on any atom is -0.386 e. The first-order valence-electron chi connectivity index (χ1n) is 7.26. The summed E-state index contributed by atoms with van der Waals surface area (Å²) in [5.41, 5.74) is 2.24. The van der Waals surface area contributed by atoms with Crippen molar-refractivity contribution in [2.24, 2.45) is 0 Å². The lowest BCUT2D eigenvalue weighted by molar-refractivity contribution is 0.0769. The van der Waals surface area contributed by atoms with Gasteiger partial charge in [-0.25, -0.2) is 0 Å². The van der Waals surface area contributed by atoms with Gasteiger partial charge in [-0.05, 0) is 44.4 Å². The zero-order valence-electron chi connectivity index (χ0n) is 13.3. The third kappa shape index (κ3) is 3.24. The zero-order valence-corrected chi connectivity index (χ0v) is 13.3. The highest BCUT2D eigenvalue weighted by molar-refractivity contribution is 5.39. The van der Waals surface area contributed by atoms with Gasteiger partial charge < -0.3 is 9.67 Å². The molecule has 0 aliphatic rings. The zero-order chi connectivity index (χ0) is 15.8. The standard InChI is InChI=1S/C18H23NO2/c1-12(2)14-6-8-15(9-7-14)19-11-16(18(4,5)21)17(20)10-13(19)3/h6-12,21H,1-5H3. The van der Waals surface area contributed by atoms with Crippen LogP contribution in [0.25, 0.3) is 5.69 Å². The Labute approximate surface area is 125 Å². The highest BCUT2D eigenvalue weighted by atomic mass is 16.3. The number of aliphatic hydroxyl groups is 1. The fourth-order valence-corrected chi connectivity index (χ4v) is 2.39. The van der Waals surface area contributed by atoms with Crippen LogP contribution >= 0.6 is 0 Å². The number of hydrogen-bond donors (Lipinski definition) is 1. The number of rotatable bonds is 3. The molecule has 2 aromatic rings. The maximum Gasteiger partial charge on any atom is 0.187 e. The molecule has 0 unspecified atom stereocenters. The maximum atomic E-state index is 12.0. The van der Waals surface area contributed by atoms with Gasteiger partial charge in [0.05, 0.1) is 5.60 Å². The summed E-state index contributed by atoms with van der Waals surface area (Å²) >= 11 is 0. The van der Waals surface area contributed by atoms with Gasteiger partial charge in [0.2, 0.25) is 0 Å². The van der Waals surface area contributed by atoms with Crippen LogP contribution in [0.1, 0.15) is 50.4 Å². The van der Waals surface area contributed by atoms with Crippen LogP contribution in [-0.4, -0.2) is 9.67 Å². The van der Waals surface area contributed by atoms with Crippen molar-refractivity contribution in [3.05, 3.63) is 63.6 Å². The van der Waals surface area contributed by atoms with E-state index in [4.69, 9.17) is 0 Å². The molecule has 21 heavy (non-hydrogen) atoms. The van der Waals surface area contributed by atoms with Gasteiger partial charge >= 0.3 is 0 Å². The van der Waals surface area contributed by atoms with E-state index in [1.807, 2.05) is 23.6 Å². The van der Waals surface area contributed by atoms with E-state index in [0.717, 1.165) is 11.4 Å². The van der Waals surface area contributed by atoms with Crippen LogP contribution in [0.5, 0.6) is 0 Å². The molecule has 0 saturated carbocycles. The van der Waals surface area contributed by atoms with E-state index in [2.05, 4.69) is 26.0 Å². The van der Waals surface area contributed by atoms with Crippen LogP contribution < -0.4 is 5.43 Å². The van der Waals surface area contributed by atoms with Gasteiger partial charge in [0.1, 0.15) is 0 Å². The lowest BCUT2D eigenvalue weighted by atomic mass is 9.99. The minimum absolute atomic E-state index is 0.130. The molecule has 3 nitrogen and oxygen atoms in total. The SMILES string of the molecule is Cc1cc(=O)c(C(C)(C)O)cn1-c1ccc(C(C)C)cc1. The molecule has 1 aromatic heterocycles. The van der Waals surface area contributed by atoms with Crippen LogP contribution in [0.3, 0.4) is 0 Å². The first-order chi connectivity index (χ1) is 9.70. The Hall–Kier alpha value is -1.87. The Morgan fingerprint density at radius 1 is 1.14 bits per heavy atom. The van der Waals surface area contributed by atoms with E-state index >= 15 is 0 Å². The molecule has 1 aromatic carbocycles. The molecule has 0 spiro atoms. The highest BCUT2D eigenvalue weighted by Crippen LogP contribution is 2.21. The van der Waals surface area contributed by atoms with Crippen LogP contribution in [0.15, 0.2) is 41.3 Å². The summed E-state index contributed by atoms with van der Waals surface area (Å²) < 4.78 is 1.94. The quantitative estimate of drug-likeness (QED) is 0.938. The number of aromatic nitrogens is 1. The topological polar surface area (TPSA) is 42.2 Å². The van der Waals surface area contributed by atoms with Crippen LogP contribution in [-0.2, 0) is 5.60 Å². The number of pyridine rings is 1. The summed E-state index contributed by atoms with van der Waals surface area (Å²) in [6, 6.07) is 9.86. The molecular formula is C18H23NO2. The molecule has 0 aliphatic carbocycles. The van der Waals surface area contributed by atoms with Gasteiger partial charge in [0.15, 0.2) is 5.43 Å². The Morgan fingerprint density at radius 3 is 2.19 bits per heavy atom. The Balaban J connectivity index is 2.56. The van der Waals surface area contributed by atoms with E-state index in [9.17, 15) is 9.90 Å². The van der Waals surface area contributed by atoms with Crippen molar-refractivity contribution in [2.75, 3.05) is 0 Å². The van der Waals surface area contributed by atoms with Crippen molar-refractivity contribution in [1.82, 2.24) is 4.57 Å². The Kier molecular flexibility index (Phi) is 4.06. The molecule has 1 N–H and O–H groups in total. The molecule has 0 saturated heterocycles. The van der Waals surface area contributed by atoms with Crippen molar-refractivity contribution in [3.8, 4) is 5.69 Å². The predicted octanol–water partition coefficient (Wildman–Crippen LogP) is 3.50. The lowest BCUT2D eigenvalue weighted by Gasteiger charge is -2.20. The normalized spacial score (nSPS) is 12.0. The predicted molar refractivity (Wildman–Crippen MR) is 86.1 cm³/mol. The van der Waals surface area contributed by atoms with Crippen molar-refractivity contribution in [3.63, 3.8) is 0 Å². The average molecular weight is 285 g/mol. The smallest absolute Gasteiger partial charge is 0.187 e. The van der Waals surface area contributed by atoms with E-state index < -0.39 is 5.60 Å². The fourth-order valence-electron chi connectivity index (χ4n) is 2.39. The average Bonchev–Trinajstić information content (AvgIpc) is 2.37.